The van der Waals surface area contributed by atoms with Gasteiger partial charge in [-0.25, -0.2) is 0 Å². The molecule has 6 nitrogen and oxygen atoms in total. The van der Waals surface area contributed by atoms with Gasteiger partial charge in [0.15, 0.2) is 11.0 Å². The number of nitrogens with one attached hydrogen (secondary N) is 1. The smallest absolute Gasteiger partial charge is 0.195 e. The molecule has 1 aliphatic heterocycles. The third-order valence-electron chi connectivity index (χ3n) is 5.39. The van der Waals surface area contributed by atoms with E-state index in [1.807, 2.05) is 48.5 Å². The molecule has 0 aliphatic carbocycles. The van der Waals surface area contributed by atoms with Gasteiger partial charge in [0.05, 0.1) is 19.3 Å². The molecule has 2 heterocycles. The lowest BCUT2D eigenvalue weighted by Crippen LogP contribution is -2.31. The van der Waals surface area contributed by atoms with Crippen molar-refractivity contribution in [2.45, 2.75) is 31.0 Å². The molecule has 1 aromatic heterocycles. The van der Waals surface area contributed by atoms with E-state index in [0.29, 0.717) is 11.6 Å². The fourth-order valence-electron chi connectivity index (χ4n) is 3.72. The molecule has 164 valence electrons. The number of thioether (sulfide) groups is 1. The fourth-order valence-corrected chi connectivity index (χ4v) is 4.88. The van der Waals surface area contributed by atoms with Crippen LogP contribution in [0.5, 0.6) is 5.75 Å². The number of hydrogen-bond donors (Lipinski definition) is 1. The van der Waals surface area contributed by atoms with Crippen molar-refractivity contribution < 1.29 is 4.74 Å². The number of methoxy groups -OCH3 is 1. The first kappa shape index (κ1) is 22.0. The molecule has 0 unspecified atom stereocenters. The lowest BCUT2D eigenvalue weighted by atomic mass is 10.1. The summed E-state index contributed by atoms with van der Waals surface area (Å²) in [6.45, 7) is 4.04. The highest BCUT2D eigenvalue weighted by atomic mass is 35.5. The minimum atomic E-state index is 0.554. The minimum absolute atomic E-state index is 0.554. The Bertz CT molecular complexity index is 972. The van der Waals surface area contributed by atoms with Gasteiger partial charge in [-0.2, -0.15) is 0 Å². The number of hydrogen-bond acceptors (Lipinski definition) is 6. The van der Waals surface area contributed by atoms with Crippen LogP contribution < -0.4 is 10.1 Å². The molecule has 3 aromatic rings. The summed E-state index contributed by atoms with van der Waals surface area (Å²) >= 11 is 8.03. The first-order chi connectivity index (χ1) is 15.2. The third kappa shape index (κ3) is 5.93. The van der Waals surface area contributed by atoms with Gasteiger partial charge in [-0.05, 0) is 68.4 Å². The van der Waals surface area contributed by atoms with Gasteiger partial charge in [0.1, 0.15) is 5.75 Å². The monoisotopic (exact) mass is 457 g/mol. The van der Waals surface area contributed by atoms with Crippen LogP contribution in [0.1, 0.15) is 25.1 Å². The van der Waals surface area contributed by atoms with Gasteiger partial charge in [-0.15, -0.1) is 10.2 Å². The minimum Gasteiger partial charge on any atom is -0.497 e. The van der Waals surface area contributed by atoms with Gasteiger partial charge in [0, 0.05) is 23.0 Å². The zero-order chi connectivity index (χ0) is 21.5. The highest BCUT2D eigenvalue weighted by Gasteiger charge is 2.16. The molecule has 1 fully saturated rings. The van der Waals surface area contributed by atoms with Crippen LogP contribution in [0.3, 0.4) is 0 Å². The molecule has 1 saturated heterocycles. The normalized spacial score (nSPS) is 14.5. The van der Waals surface area contributed by atoms with Gasteiger partial charge >= 0.3 is 0 Å². The lowest BCUT2D eigenvalue weighted by Gasteiger charge is -2.25. The van der Waals surface area contributed by atoms with Crippen LogP contribution in [0.15, 0.2) is 53.7 Å². The van der Waals surface area contributed by atoms with Crippen LogP contribution in [0.2, 0.25) is 5.02 Å². The maximum Gasteiger partial charge on any atom is 0.195 e. The summed E-state index contributed by atoms with van der Waals surface area (Å²) in [5, 5.41) is 14.0. The van der Waals surface area contributed by atoms with E-state index in [1.54, 1.807) is 18.9 Å². The summed E-state index contributed by atoms with van der Waals surface area (Å²) < 4.78 is 7.33. The molecule has 4 rings (SSSR count). The first-order valence-electron chi connectivity index (χ1n) is 10.7. The average Bonchev–Trinajstić information content (AvgIpc) is 3.21. The largest absolute Gasteiger partial charge is 0.497 e. The molecule has 8 heteroatoms. The highest BCUT2D eigenvalue weighted by molar-refractivity contribution is 7.99. The van der Waals surface area contributed by atoms with Gasteiger partial charge in [0.25, 0.3) is 0 Å². The predicted molar refractivity (Wildman–Crippen MR) is 128 cm³/mol. The molecular weight excluding hydrogens is 430 g/mol. The molecule has 1 N–H and O–H groups in total. The number of rotatable bonds is 9. The third-order valence-corrected chi connectivity index (χ3v) is 6.54. The Morgan fingerprint density at radius 1 is 1.06 bits per heavy atom. The average molecular weight is 458 g/mol. The van der Waals surface area contributed by atoms with E-state index in [0.717, 1.165) is 40.4 Å². The number of likely N-dealkylation sites (tertiary alicyclic amines) is 1. The zero-order valence-electron chi connectivity index (χ0n) is 17.8. The van der Waals surface area contributed by atoms with Crippen LogP contribution in [-0.2, 0) is 6.54 Å². The van der Waals surface area contributed by atoms with E-state index < -0.39 is 0 Å². The first-order valence-corrected chi connectivity index (χ1v) is 12.0. The molecule has 0 radical (unpaired) electrons. The maximum absolute atomic E-state index is 6.28. The number of aromatic nitrogens is 3. The Labute approximate surface area is 193 Å². The number of piperidine rings is 1. The van der Waals surface area contributed by atoms with Crippen LogP contribution >= 0.6 is 23.4 Å². The molecule has 0 saturated carbocycles. The van der Waals surface area contributed by atoms with Crippen LogP contribution in [0.25, 0.3) is 5.69 Å². The molecule has 0 amide bonds. The van der Waals surface area contributed by atoms with Crippen molar-refractivity contribution in [3.05, 3.63) is 59.4 Å². The zero-order valence-corrected chi connectivity index (χ0v) is 19.3. The highest BCUT2D eigenvalue weighted by Crippen LogP contribution is 2.25. The van der Waals surface area contributed by atoms with Crippen molar-refractivity contribution in [1.29, 1.82) is 0 Å². The molecule has 1 aliphatic rings. The van der Waals surface area contributed by atoms with E-state index in [2.05, 4.69) is 25.0 Å². The molecule has 0 atom stereocenters. The summed E-state index contributed by atoms with van der Waals surface area (Å²) in [7, 11) is 1.67. The summed E-state index contributed by atoms with van der Waals surface area (Å²) in [5.41, 5.74) is 1.98. The Morgan fingerprint density at radius 2 is 1.87 bits per heavy atom. The number of nitrogens with zero attached hydrogens (tertiary/aromatic N) is 4. The van der Waals surface area contributed by atoms with E-state index in [9.17, 15) is 0 Å². The van der Waals surface area contributed by atoms with E-state index >= 15 is 0 Å². The summed E-state index contributed by atoms with van der Waals surface area (Å²) in [6.07, 6.45) is 3.98. The SMILES string of the molecule is COc1ccc(NCc2nnc(SCCN3CCCCC3)n2-c2cccc(Cl)c2)cc1. The van der Waals surface area contributed by atoms with Crippen LogP contribution in [0, 0.1) is 0 Å². The second-order valence-electron chi connectivity index (χ2n) is 7.55. The van der Waals surface area contributed by atoms with Gasteiger partial charge < -0.3 is 15.0 Å². The van der Waals surface area contributed by atoms with Crippen molar-refractivity contribution in [3.8, 4) is 11.4 Å². The van der Waals surface area contributed by atoms with Gasteiger partial charge in [-0.1, -0.05) is 35.9 Å². The Hall–Kier alpha value is -2.22. The molecular formula is C23H28ClN5OS. The Balaban J connectivity index is 1.48. The fraction of sp³-hybridized carbons (Fsp3) is 0.391. The number of ether oxygens (including phenoxy) is 1. The van der Waals surface area contributed by atoms with Crippen molar-refractivity contribution >= 4 is 29.1 Å². The van der Waals surface area contributed by atoms with Crippen LogP contribution in [0.4, 0.5) is 5.69 Å². The lowest BCUT2D eigenvalue weighted by molar-refractivity contribution is 0.242. The molecule has 0 bridgehead atoms. The summed E-state index contributed by atoms with van der Waals surface area (Å²) in [5.74, 6) is 2.67. The second-order valence-corrected chi connectivity index (χ2v) is 9.05. The van der Waals surface area contributed by atoms with E-state index in [4.69, 9.17) is 16.3 Å². The predicted octanol–water partition coefficient (Wildman–Crippen LogP) is 5.12. The van der Waals surface area contributed by atoms with E-state index in [1.165, 1.54) is 32.4 Å². The topological polar surface area (TPSA) is 55.2 Å². The Kier molecular flexibility index (Phi) is 7.72. The van der Waals surface area contributed by atoms with Crippen molar-refractivity contribution in [2.75, 3.05) is 37.8 Å². The van der Waals surface area contributed by atoms with Crippen molar-refractivity contribution in [1.82, 2.24) is 19.7 Å². The van der Waals surface area contributed by atoms with E-state index in [-0.39, 0.29) is 0 Å². The van der Waals surface area contributed by atoms with Gasteiger partial charge in [0.2, 0.25) is 0 Å². The standard InChI is InChI=1S/C23H28ClN5OS/c1-30-21-10-8-19(9-11-21)25-17-22-26-27-23(29(22)20-7-5-6-18(24)16-20)31-15-14-28-12-3-2-4-13-28/h5-11,16,25H,2-4,12-15,17H2,1H3. The number of halogens is 1. The van der Waals surface area contributed by atoms with Crippen LogP contribution in [-0.4, -0.2) is 52.2 Å². The molecule has 31 heavy (non-hydrogen) atoms. The number of benzene rings is 2. The van der Waals surface area contributed by atoms with Crippen molar-refractivity contribution in [3.63, 3.8) is 0 Å². The summed E-state index contributed by atoms with van der Waals surface area (Å²) in [4.78, 5) is 2.54. The number of anilines is 1. The second kappa shape index (κ2) is 10.9. The molecule has 2 aromatic carbocycles. The Morgan fingerprint density at radius 3 is 2.61 bits per heavy atom. The quantitative estimate of drug-likeness (QED) is 0.450. The molecule has 0 spiro atoms. The summed E-state index contributed by atoms with van der Waals surface area (Å²) in [6, 6.07) is 15.7. The van der Waals surface area contributed by atoms with Gasteiger partial charge in [-0.3, -0.25) is 4.57 Å². The maximum atomic E-state index is 6.28. The van der Waals surface area contributed by atoms with Crippen molar-refractivity contribution in [2.24, 2.45) is 0 Å².